The summed E-state index contributed by atoms with van der Waals surface area (Å²) in [5.74, 6) is 2.19. The van der Waals surface area contributed by atoms with Gasteiger partial charge in [-0.15, -0.1) is 5.10 Å². The molecule has 1 N–H and O–H groups in total. The van der Waals surface area contributed by atoms with E-state index >= 15 is 0 Å². The molecule has 21 heavy (non-hydrogen) atoms. The summed E-state index contributed by atoms with van der Waals surface area (Å²) in [7, 11) is 0. The third-order valence-corrected chi connectivity index (χ3v) is 4.48. The molecule has 2 fully saturated rings. The van der Waals surface area contributed by atoms with Gasteiger partial charge in [0.15, 0.2) is 11.5 Å². The Bertz CT molecular complexity index is 668. The van der Waals surface area contributed by atoms with Gasteiger partial charge in [0, 0.05) is 12.0 Å². The summed E-state index contributed by atoms with van der Waals surface area (Å²) in [5.41, 5.74) is 0.816. The molecule has 2 saturated carbocycles. The quantitative estimate of drug-likeness (QED) is 0.917. The van der Waals surface area contributed by atoms with Crippen molar-refractivity contribution in [3.63, 3.8) is 0 Å². The molecule has 5 nitrogen and oxygen atoms in total. The van der Waals surface area contributed by atoms with E-state index in [0.29, 0.717) is 18.3 Å². The van der Waals surface area contributed by atoms with Crippen molar-refractivity contribution in [1.29, 1.82) is 0 Å². The SMILES string of the molecule is O=C(Cc1nc2cccc(NC3CCCC3)n2n1)C1CC1. The number of pyridine rings is 1. The fourth-order valence-electron chi connectivity index (χ4n) is 3.12. The standard InChI is InChI=1S/C16H20N4O/c21-13(11-8-9-11)10-14-18-16-7-3-6-15(20(16)19-14)17-12-4-1-2-5-12/h3,6-7,11-12,17H,1-2,4-5,8-10H2. The zero-order valence-corrected chi connectivity index (χ0v) is 12.1. The Morgan fingerprint density at radius 3 is 2.81 bits per heavy atom. The highest BCUT2D eigenvalue weighted by molar-refractivity contribution is 5.84. The van der Waals surface area contributed by atoms with Crippen LogP contribution in [0.2, 0.25) is 0 Å². The van der Waals surface area contributed by atoms with Crippen molar-refractivity contribution in [3.8, 4) is 0 Å². The zero-order valence-electron chi connectivity index (χ0n) is 12.1. The van der Waals surface area contributed by atoms with Crippen LogP contribution in [0.25, 0.3) is 5.65 Å². The lowest BCUT2D eigenvalue weighted by molar-refractivity contribution is -0.119. The Labute approximate surface area is 123 Å². The first kappa shape index (κ1) is 12.8. The van der Waals surface area contributed by atoms with Crippen LogP contribution in [-0.4, -0.2) is 26.4 Å². The second-order valence-corrected chi connectivity index (χ2v) is 6.25. The van der Waals surface area contributed by atoms with E-state index in [1.807, 2.05) is 22.7 Å². The van der Waals surface area contributed by atoms with Gasteiger partial charge in [-0.3, -0.25) is 4.79 Å². The number of hydrogen-bond acceptors (Lipinski definition) is 4. The number of hydrogen-bond donors (Lipinski definition) is 1. The van der Waals surface area contributed by atoms with Crippen molar-refractivity contribution in [2.75, 3.05) is 5.32 Å². The van der Waals surface area contributed by atoms with Crippen LogP contribution in [0, 0.1) is 5.92 Å². The number of carbonyl (C=O) groups excluding carboxylic acids is 1. The van der Waals surface area contributed by atoms with Crippen LogP contribution in [0.15, 0.2) is 18.2 Å². The van der Waals surface area contributed by atoms with E-state index in [1.165, 1.54) is 25.7 Å². The van der Waals surface area contributed by atoms with E-state index in [4.69, 9.17) is 0 Å². The third-order valence-electron chi connectivity index (χ3n) is 4.48. The number of aromatic nitrogens is 3. The monoisotopic (exact) mass is 284 g/mol. The van der Waals surface area contributed by atoms with Crippen LogP contribution in [0.5, 0.6) is 0 Å². The lowest BCUT2D eigenvalue weighted by atomic mass is 10.2. The molecule has 5 heteroatoms. The van der Waals surface area contributed by atoms with Crippen molar-refractivity contribution < 1.29 is 4.79 Å². The van der Waals surface area contributed by atoms with Gasteiger partial charge in [0.1, 0.15) is 11.6 Å². The molecular weight excluding hydrogens is 264 g/mol. The Kier molecular flexibility index (Phi) is 3.13. The molecule has 2 aromatic heterocycles. The fraction of sp³-hybridized carbons (Fsp3) is 0.562. The molecule has 0 aromatic carbocycles. The number of Topliss-reactive ketones (excluding diaryl/α,β-unsaturated/α-hetero) is 1. The normalized spacial score (nSPS) is 19.2. The molecule has 2 aliphatic rings. The molecule has 0 saturated heterocycles. The number of carbonyl (C=O) groups is 1. The summed E-state index contributed by atoms with van der Waals surface area (Å²) < 4.78 is 1.84. The average Bonchev–Trinajstić information content (AvgIpc) is 3.05. The van der Waals surface area contributed by atoms with Gasteiger partial charge < -0.3 is 5.32 Å². The molecule has 2 aromatic rings. The van der Waals surface area contributed by atoms with E-state index in [-0.39, 0.29) is 11.7 Å². The number of nitrogens with one attached hydrogen (secondary N) is 1. The molecule has 0 bridgehead atoms. The molecule has 0 amide bonds. The van der Waals surface area contributed by atoms with Gasteiger partial charge in [-0.25, -0.2) is 4.98 Å². The fourth-order valence-corrected chi connectivity index (χ4v) is 3.12. The van der Waals surface area contributed by atoms with Crippen molar-refractivity contribution in [2.45, 2.75) is 51.0 Å². The van der Waals surface area contributed by atoms with E-state index in [9.17, 15) is 4.79 Å². The minimum absolute atomic E-state index is 0.271. The topological polar surface area (TPSA) is 59.3 Å². The van der Waals surface area contributed by atoms with Crippen molar-refractivity contribution in [2.24, 2.45) is 5.92 Å². The summed E-state index contributed by atoms with van der Waals surface area (Å²) in [4.78, 5) is 16.4. The zero-order chi connectivity index (χ0) is 14.2. The maximum atomic E-state index is 11.9. The van der Waals surface area contributed by atoms with Crippen LogP contribution in [0.3, 0.4) is 0 Å². The number of ketones is 1. The maximum absolute atomic E-state index is 11.9. The highest BCUT2D eigenvalue weighted by Gasteiger charge is 2.30. The molecule has 0 spiro atoms. The summed E-state index contributed by atoms with van der Waals surface area (Å²) in [5, 5.41) is 8.09. The van der Waals surface area contributed by atoms with Gasteiger partial charge in [0.25, 0.3) is 0 Å². The maximum Gasteiger partial charge on any atom is 0.159 e. The van der Waals surface area contributed by atoms with Crippen LogP contribution < -0.4 is 5.32 Å². The second kappa shape index (κ2) is 5.13. The van der Waals surface area contributed by atoms with Gasteiger partial charge in [0.2, 0.25) is 0 Å². The van der Waals surface area contributed by atoms with Crippen molar-refractivity contribution in [1.82, 2.24) is 14.6 Å². The summed E-state index contributed by atoms with van der Waals surface area (Å²) >= 11 is 0. The van der Waals surface area contributed by atoms with E-state index < -0.39 is 0 Å². The van der Waals surface area contributed by atoms with Gasteiger partial charge in [-0.2, -0.15) is 4.52 Å². The molecule has 2 aliphatic carbocycles. The summed E-state index contributed by atoms with van der Waals surface area (Å²) in [6, 6.07) is 6.51. The van der Waals surface area contributed by atoms with E-state index in [2.05, 4.69) is 15.4 Å². The summed E-state index contributed by atoms with van der Waals surface area (Å²) in [6.45, 7) is 0. The number of fused-ring (bicyclic) bond motifs is 1. The number of anilines is 1. The van der Waals surface area contributed by atoms with Crippen LogP contribution in [0.4, 0.5) is 5.82 Å². The van der Waals surface area contributed by atoms with Gasteiger partial charge in [0.05, 0.1) is 6.42 Å². The first-order valence-corrected chi connectivity index (χ1v) is 7.93. The van der Waals surface area contributed by atoms with E-state index in [0.717, 1.165) is 24.3 Å². The Balaban J connectivity index is 1.58. The smallest absolute Gasteiger partial charge is 0.159 e. The highest BCUT2D eigenvalue weighted by Crippen LogP contribution is 2.30. The number of rotatable bonds is 5. The molecule has 0 unspecified atom stereocenters. The minimum Gasteiger partial charge on any atom is -0.367 e. The first-order valence-electron chi connectivity index (χ1n) is 7.93. The molecule has 0 radical (unpaired) electrons. The molecule has 110 valence electrons. The molecule has 2 heterocycles. The first-order chi connectivity index (χ1) is 10.3. The molecule has 4 rings (SSSR count). The lowest BCUT2D eigenvalue weighted by Gasteiger charge is -2.13. The Hall–Kier alpha value is -1.91. The highest BCUT2D eigenvalue weighted by atomic mass is 16.1. The predicted molar refractivity (Wildman–Crippen MR) is 80.3 cm³/mol. The predicted octanol–water partition coefficient (Wildman–Crippen LogP) is 2.61. The molecule has 0 aliphatic heterocycles. The van der Waals surface area contributed by atoms with Crippen LogP contribution in [0.1, 0.15) is 44.3 Å². The Morgan fingerprint density at radius 2 is 2.05 bits per heavy atom. The lowest BCUT2D eigenvalue weighted by Crippen LogP contribution is -2.17. The Morgan fingerprint density at radius 1 is 1.24 bits per heavy atom. The van der Waals surface area contributed by atoms with Crippen molar-refractivity contribution in [3.05, 3.63) is 24.0 Å². The van der Waals surface area contributed by atoms with Gasteiger partial charge >= 0.3 is 0 Å². The van der Waals surface area contributed by atoms with E-state index in [1.54, 1.807) is 0 Å². The van der Waals surface area contributed by atoms with Crippen LogP contribution in [-0.2, 0) is 11.2 Å². The van der Waals surface area contributed by atoms with Crippen LogP contribution >= 0.6 is 0 Å². The second-order valence-electron chi connectivity index (χ2n) is 6.25. The molecule has 0 atom stereocenters. The number of nitrogens with zero attached hydrogens (tertiary/aromatic N) is 3. The summed E-state index contributed by atoms with van der Waals surface area (Å²) in [6.07, 6.45) is 7.49. The largest absolute Gasteiger partial charge is 0.367 e. The molecular formula is C16H20N4O. The van der Waals surface area contributed by atoms with Gasteiger partial charge in [-0.1, -0.05) is 18.9 Å². The third kappa shape index (κ3) is 2.64. The minimum atomic E-state index is 0.271. The van der Waals surface area contributed by atoms with Gasteiger partial charge in [-0.05, 0) is 37.8 Å². The average molecular weight is 284 g/mol. The van der Waals surface area contributed by atoms with Crippen molar-refractivity contribution >= 4 is 17.2 Å².